The van der Waals surface area contributed by atoms with Crippen LogP contribution in [0.3, 0.4) is 0 Å². The smallest absolute Gasteiger partial charge is 0.360 e. The zero-order valence-corrected chi connectivity index (χ0v) is 16.7. The molecule has 4 rings (SSSR count). The molecule has 0 bridgehead atoms. The highest BCUT2D eigenvalue weighted by Gasteiger charge is 2.25. The van der Waals surface area contributed by atoms with Crippen LogP contribution in [0.1, 0.15) is 41.1 Å². The van der Waals surface area contributed by atoms with Crippen LogP contribution in [0, 0.1) is 0 Å². The van der Waals surface area contributed by atoms with Crippen LogP contribution >= 0.6 is 0 Å². The molecule has 0 aliphatic heterocycles. The lowest BCUT2D eigenvalue weighted by molar-refractivity contribution is 0.0313. The highest BCUT2D eigenvalue weighted by atomic mass is 16.5. The van der Waals surface area contributed by atoms with E-state index in [2.05, 4.69) is 10.1 Å². The largest absolute Gasteiger partial charge is 0.449 e. The molecular formula is C23H21N3O4. The number of carbonyl (C=O) groups excluding carboxylic acids is 2. The third-order valence-corrected chi connectivity index (χ3v) is 5.00. The summed E-state index contributed by atoms with van der Waals surface area (Å²) in [5.41, 5.74) is 1.06. The normalized spacial score (nSPS) is 12.2. The number of H-pyrrole nitrogens is 1. The van der Waals surface area contributed by atoms with E-state index in [1.807, 2.05) is 31.2 Å². The van der Waals surface area contributed by atoms with Crippen molar-refractivity contribution in [3.63, 3.8) is 0 Å². The number of aryl methyl sites for hydroxylation is 1. The molecule has 2 aromatic carbocycles. The van der Waals surface area contributed by atoms with Gasteiger partial charge in [-0.1, -0.05) is 43.3 Å². The zero-order chi connectivity index (χ0) is 21.3. The molecule has 2 heterocycles. The lowest BCUT2D eigenvalue weighted by Crippen LogP contribution is -2.29. The summed E-state index contributed by atoms with van der Waals surface area (Å²) >= 11 is 0. The van der Waals surface area contributed by atoms with Crippen molar-refractivity contribution in [3.05, 3.63) is 76.3 Å². The van der Waals surface area contributed by atoms with Crippen molar-refractivity contribution in [1.29, 1.82) is 0 Å². The van der Waals surface area contributed by atoms with E-state index in [4.69, 9.17) is 4.74 Å². The Balaban J connectivity index is 1.66. The van der Waals surface area contributed by atoms with Gasteiger partial charge in [-0.05, 0) is 25.5 Å². The monoisotopic (exact) mass is 403 g/mol. The van der Waals surface area contributed by atoms with Crippen LogP contribution in [-0.2, 0) is 11.3 Å². The molecule has 0 radical (unpaired) electrons. The quantitative estimate of drug-likeness (QED) is 0.391. The molecule has 0 saturated heterocycles. The summed E-state index contributed by atoms with van der Waals surface area (Å²) in [7, 11) is 0. The number of fused-ring (bicyclic) bond motifs is 2. The van der Waals surface area contributed by atoms with Crippen molar-refractivity contribution >= 4 is 33.4 Å². The first kappa shape index (κ1) is 19.6. The van der Waals surface area contributed by atoms with E-state index in [9.17, 15) is 14.4 Å². The number of ether oxygens (including phenoxy) is 1. The summed E-state index contributed by atoms with van der Waals surface area (Å²) in [4.78, 5) is 41.5. The zero-order valence-electron chi connectivity index (χ0n) is 16.7. The molecule has 0 amide bonds. The summed E-state index contributed by atoms with van der Waals surface area (Å²) in [6, 6.07) is 14.2. The second-order valence-corrected chi connectivity index (χ2v) is 7.08. The van der Waals surface area contributed by atoms with Crippen molar-refractivity contribution in [2.45, 2.75) is 32.9 Å². The predicted molar refractivity (Wildman–Crippen MR) is 114 cm³/mol. The van der Waals surface area contributed by atoms with E-state index >= 15 is 0 Å². The summed E-state index contributed by atoms with van der Waals surface area (Å²) in [6.07, 6.45) is 1.30. The maximum Gasteiger partial charge on any atom is 0.360 e. The molecule has 1 unspecified atom stereocenters. The second-order valence-electron chi connectivity index (χ2n) is 7.08. The number of nitrogens with one attached hydrogen (secondary N) is 1. The molecule has 0 saturated carbocycles. The van der Waals surface area contributed by atoms with Gasteiger partial charge in [-0.15, -0.1) is 0 Å². The third kappa shape index (κ3) is 3.39. The highest BCUT2D eigenvalue weighted by molar-refractivity contribution is 6.11. The van der Waals surface area contributed by atoms with Crippen LogP contribution < -0.4 is 5.56 Å². The van der Waals surface area contributed by atoms with Crippen molar-refractivity contribution in [2.75, 3.05) is 0 Å². The molecule has 30 heavy (non-hydrogen) atoms. The molecule has 4 aromatic rings. The van der Waals surface area contributed by atoms with Crippen LogP contribution in [0.25, 0.3) is 21.7 Å². The van der Waals surface area contributed by atoms with Gasteiger partial charge in [0.05, 0.1) is 5.39 Å². The topological polar surface area (TPSA) is 94.1 Å². The molecule has 7 nitrogen and oxygen atoms in total. The molecule has 1 atom stereocenters. The number of benzene rings is 2. The van der Waals surface area contributed by atoms with Crippen LogP contribution in [0.2, 0.25) is 0 Å². The number of para-hydroxylation sites is 1. The minimum Gasteiger partial charge on any atom is -0.449 e. The summed E-state index contributed by atoms with van der Waals surface area (Å²) in [6.45, 7) is 3.84. The van der Waals surface area contributed by atoms with Gasteiger partial charge in [0.25, 0.3) is 5.56 Å². The van der Waals surface area contributed by atoms with Gasteiger partial charge in [0, 0.05) is 34.6 Å². The number of ketones is 1. The van der Waals surface area contributed by atoms with Gasteiger partial charge in [0.15, 0.2) is 11.8 Å². The van der Waals surface area contributed by atoms with E-state index < -0.39 is 12.1 Å². The number of esters is 1. The minimum absolute atomic E-state index is 0.0252. The molecule has 1 N–H and O–H groups in total. The van der Waals surface area contributed by atoms with Gasteiger partial charge in [-0.3, -0.25) is 9.59 Å². The lowest BCUT2D eigenvalue weighted by Gasteiger charge is -2.14. The van der Waals surface area contributed by atoms with Crippen LogP contribution in [0.5, 0.6) is 0 Å². The molecule has 0 spiro atoms. The van der Waals surface area contributed by atoms with Crippen molar-refractivity contribution in [3.8, 4) is 0 Å². The number of Topliss-reactive ketones (excluding diaryl/α,β-unsaturated/α-hetero) is 1. The predicted octanol–water partition coefficient (Wildman–Crippen LogP) is 3.72. The van der Waals surface area contributed by atoms with E-state index in [-0.39, 0.29) is 17.0 Å². The molecule has 0 aliphatic carbocycles. The van der Waals surface area contributed by atoms with E-state index in [1.54, 1.807) is 30.5 Å². The standard InChI is InChI=1S/C23H21N3O4/c1-3-12-26-22(28)17-10-5-4-9-16(17)20(25-26)23(29)30-14(2)21(27)18-13-24-19-11-7-6-8-15(18)19/h4-11,13-14,24H,3,12H2,1-2H3. The SMILES string of the molecule is CCCn1nc(C(=O)OC(C)C(=O)c2c[nH]c3ccccc23)c2ccccc2c1=O. The Bertz CT molecular complexity index is 1320. The fourth-order valence-electron chi connectivity index (χ4n) is 3.51. The van der Waals surface area contributed by atoms with Crippen molar-refractivity contribution in [2.24, 2.45) is 0 Å². The Morgan fingerprint density at radius 2 is 1.73 bits per heavy atom. The lowest BCUT2D eigenvalue weighted by atomic mass is 10.1. The van der Waals surface area contributed by atoms with Gasteiger partial charge in [-0.2, -0.15) is 5.10 Å². The molecule has 7 heteroatoms. The molecule has 0 fully saturated rings. The summed E-state index contributed by atoms with van der Waals surface area (Å²) < 4.78 is 6.74. The molecule has 0 aliphatic rings. The second kappa shape index (κ2) is 7.94. The average Bonchev–Trinajstić information content (AvgIpc) is 3.19. The number of hydrogen-bond donors (Lipinski definition) is 1. The molecular weight excluding hydrogens is 382 g/mol. The van der Waals surface area contributed by atoms with Gasteiger partial charge >= 0.3 is 5.97 Å². The van der Waals surface area contributed by atoms with E-state index in [0.29, 0.717) is 29.3 Å². The van der Waals surface area contributed by atoms with Gasteiger partial charge in [0.1, 0.15) is 0 Å². The van der Waals surface area contributed by atoms with Gasteiger partial charge in [0.2, 0.25) is 5.78 Å². The fraction of sp³-hybridized carbons (Fsp3) is 0.217. The highest BCUT2D eigenvalue weighted by Crippen LogP contribution is 2.21. The first-order chi connectivity index (χ1) is 14.5. The number of aromatic amines is 1. The fourth-order valence-corrected chi connectivity index (χ4v) is 3.51. The Labute approximate surface area is 172 Å². The number of nitrogens with zero attached hydrogens (tertiary/aromatic N) is 2. The Kier molecular flexibility index (Phi) is 5.18. The van der Waals surface area contributed by atoms with Crippen molar-refractivity contribution < 1.29 is 14.3 Å². The number of hydrogen-bond acceptors (Lipinski definition) is 5. The molecule has 152 valence electrons. The van der Waals surface area contributed by atoms with Crippen LogP contribution in [0.4, 0.5) is 0 Å². The Morgan fingerprint density at radius 1 is 1.07 bits per heavy atom. The van der Waals surface area contributed by atoms with E-state index in [0.717, 1.165) is 10.9 Å². The number of rotatable bonds is 6. The van der Waals surface area contributed by atoms with Crippen LogP contribution in [0.15, 0.2) is 59.5 Å². The van der Waals surface area contributed by atoms with Crippen LogP contribution in [-0.4, -0.2) is 32.6 Å². The summed E-state index contributed by atoms with van der Waals surface area (Å²) in [5.74, 6) is -1.05. The number of aromatic nitrogens is 3. The Hall–Kier alpha value is -3.74. The first-order valence-electron chi connectivity index (χ1n) is 9.82. The Morgan fingerprint density at radius 3 is 2.47 bits per heavy atom. The number of carbonyl (C=O) groups is 2. The maximum absolute atomic E-state index is 12.9. The molecule has 2 aromatic heterocycles. The maximum atomic E-state index is 12.9. The van der Waals surface area contributed by atoms with Crippen molar-refractivity contribution in [1.82, 2.24) is 14.8 Å². The first-order valence-corrected chi connectivity index (χ1v) is 9.82. The average molecular weight is 403 g/mol. The minimum atomic E-state index is -1.01. The van der Waals surface area contributed by atoms with E-state index in [1.165, 1.54) is 11.6 Å². The van der Waals surface area contributed by atoms with Gasteiger partial charge in [-0.25, -0.2) is 9.48 Å². The summed E-state index contributed by atoms with van der Waals surface area (Å²) in [5, 5.41) is 5.80. The van der Waals surface area contributed by atoms with Gasteiger partial charge < -0.3 is 9.72 Å². The third-order valence-electron chi connectivity index (χ3n) is 5.00.